The predicted molar refractivity (Wildman–Crippen MR) is 95.3 cm³/mol. The second-order valence-corrected chi connectivity index (χ2v) is 6.24. The zero-order valence-electron chi connectivity index (χ0n) is 14.3. The van der Waals surface area contributed by atoms with Gasteiger partial charge in [-0.1, -0.05) is 0 Å². The number of aromatic nitrogens is 4. The van der Waals surface area contributed by atoms with E-state index in [0.717, 1.165) is 50.7 Å². The normalized spacial score (nSPS) is 17.4. The third kappa shape index (κ3) is 2.99. The van der Waals surface area contributed by atoms with Crippen molar-refractivity contribution >= 4 is 23.5 Å². The van der Waals surface area contributed by atoms with E-state index in [1.54, 1.807) is 19.4 Å². The smallest absolute Gasteiger partial charge is 0.227 e. The van der Waals surface area contributed by atoms with E-state index in [4.69, 9.17) is 4.98 Å². The van der Waals surface area contributed by atoms with E-state index in [0.29, 0.717) is 23.8 Å². The van der Waals surface area contributed by atoms with Crippen molar-refractivity contribution in [1.29, 1.82) is 0 Å². The van der Waals surface area contributed by atoms with Gasteiger partial charge in [-0.05, 0) is 18.9 Å². The van der Waals surface area contributed by atoms with Crippen molar-refractivity contribution in [3.63, 3.8) is 0 Å². The Balaban J connectivity index is 1.54. The lowest BCUT2D eigenvalue weighted by atomic mass is 9.95. The quantitative estimate of drug-likeness (QED) is 0.891. The average Bonchev–Trinajstić information content (AvgIpc) is 2.68. The lowest BCUT2D eigenvalue weighted by Gasteiger charge is -2.35. The number of nitrogens with one attached hydrogen (secondary N) is 1. The second-order valence-electron chi connectivity index (χ2n) is 6.24. The fourth-order valence-corrected chi connectivity index (χ4v) is 3.39. The minimum atomic E-state index is 0.142. The summed E-state index contributed by atoms with van der Waals surface area (Å²) in [5, 5.41) is 3.07. The molecule has 1 N–H and O–H groups in total. The molecular weight excluding hydrogens is 318 g/mol. The number of anilines is 3. The Morgan fingerprint density at radius 2 is 1.64 bits per heavy atom. The fraction of sp³-hybridized carbons (Fsp3) is 0.471. The summed E-state index contributed by atoms with van der Waals surface area (Å²) in [6.45, 7) is 3.23. The molecule has 0 atom stereocenters. The van der Waals surface area contributed by atoms with Crippen LogP contribution in [0.3, 0.4) is 0 Å². The summed E-state index contributed by atoms with van der Waals surface area (Å²) in [4.78, 5) is 34.5. The minimum absolute atomic E-state index is 0.142. The van der Waals surface area contributed by atoms with Crippen molar-refractivity contribution in [1.82, 2.24) is 19.9 Å². The molecule has 0 aromatic carbocycles. The molecule has 0 saturated carbocycles. The molecule has 0 spiro atoms. The number of piperazine rings is 1. The number of aryl methyl sites for hydroxylation is 1. The van der Waals surface area contributed by atoms with Crippen molar-refractivity contribution in [3.05, 3.63) is 29.7 Å². The molecule has 2 aliphatic rings. The maximum Gasteiger partial charge on any atom is 0.227 e. The van der Waals surface area contributed by atoms with Gasteiger partial charge in [-0.25, -0.2) is 15.0 Å². The van der Waals surface area contributed by atoms with Gasteiger partial charge in [-0.15, -0.1) is 0 Å². The first-order chi connectivity index (χ1) is 12.3. The van der Waals surface area contributed by atoms with Crippen molar-refractivity contribution in [2.24, 2.45) is 0 Å². The Labute approximate surface area is 146 Å². The Bertz CT molecular complexity index is 755. The number of carbonyl (C=O) groups is 1. The molecule has 2 aromatic rings. The minimum Gasteiger partial charge on any atom is -0.372 e. The number of rotatable bonds is 3. The summed E-state index contributed by atoms with van der Waals surface area (Å²) >= 11 is 0. The van der Waals surface area contributed by atoms with Crippen molar-refractivity contribution in [3.8, 4) is 0 Å². The molecule has 0 amide bonds. The molecule has 1 aliphatic heterocycles. The van der Waals surface area contributed by atoms with Crippen LogP contribution in [0.2, 0.25) is 0 Å². The van der Waals surface area contributed by atoms with Crippen LogP contribution in [0, 0.1) is 0 Å². The van der Waals surface area contributed by atoms with Gasteiger partial charge >= 0.3 is 0 Å². The largest absolute Gasteiger partial charge is 0.372 e. The van der Waals surface area contributed by atoms with Crippen molar-refractivity contribution in [2.45, 2.75) is 19.3 Å². The van der Waals surface area contributed by atoms with Gasteiger partial charge in [0.1, 0.15) is 5.82 Å². The highest BCUT2D eigenvalue weighted by Gasteiger charge is 2.27. The maximum atomic E-state index is 12.2. The summed E-state index contributed by atoms with van der Waals surface area (Å²) in [7, 11) is 1.80. The topological polar surface area (TPSA) is 87.1 Å². The standard InChI is InChI=1S/C17H21N7O/c1-18-15-14-12(4-2-5-13(14)25)21-17(22-15)24-10-8-23(9-11-24)16-19-6-3-7-20-16/h3,6-7H,2,4-5,8-11H2,1H3,(H,18,21,22). The summed E-state index contributed by atoms with van der Waals surface area (Å²) in [6.07, 6.45) is 5.81. The van der Waals surface area contributed by atoms with Crippen LogP contribution in [-0.4, -0.2) is 58.9 Å². The van der Waals surface area contributed by atoms with Crippen LogP contribution in [0.15, 0.2) is 18.5 Å². The van der Waals surface area contributed by atoms with Crippen LogP contribution in [0.1, 0.15) is 28.9 Å². The highest BCUT2D eigenvalue weighted by atomic mass is 16.1. The Kier molecular flexibility index (Phi) is 4.17. The van der Waals surface area contributed by atoms with Gasteiger partial charge in [-0.3, -0.25) is 4.79 Å². The molecule has 2 aromatic heterocycles. The lowest BCUT2D eigenvalue weighted by molar-refractivity contribution is 0.0972. The first-order valence-corrected chi connectivity index (χ1v) is 8.65. The molecule has 25 heavy (non-hydrogen) atoms. The number of nitrogens with zero attached hydrogens (tertiary/aromatic N) is 6. The van der Waals surface area contributed by atoms with E-state index in [2.05, 4.69) is 30.1 Å². The fourth-order valence-electron chi connectivity index (χ4n) is 3.39. The molecular formula is C17H21N7O. The van der Waals surface area contributed by atoms with Gasteiger partial charge in [0.2, 0.25) is 11.9 Å². The second kappa shape index (κ2) is 6.62. The van der Waals surface area contributed by atoms with Gasteiger partial charge in [0.05, 0.1) is 11.3 Å². The Morgan fingerprint density at radius 1 is 0.960 bits per heavy atom. The zero-order chi connectivity index (χ0) is 17.2. The average molecular weight is 339 g/mol. The number of carbonyl (C=O) groups excluding carboxylic acids is 1. The van der Waals surface area contributed by atoms with Gasteiger partial charge in [-0.2, -0.15) is 4.98 Å². The summed E-state index contributed by atoms with van der Waals surface area (Å²) in [5.74, 6) is 2.25. The van der Waals surface area contributed by atoms with E-state index < -0.39 is 0 Å². The third-order valence-corrected chi connectivity index (χ3v) is 4.70. The van der Waals surface area contributed by atoms with Gasteiger partial charge in [0.15, 0.2) is 5.78 Å². The molecule has 8 nitrogen and oxygen atoms in total. The molecule has 0 radical (unpaired) electrons. The van der Waals surface area contributed by atoms with E-state index in [1.165, 1.54) is 0 Å². The summed E-state index contributed by atoms with van der Waals surface area (Å²) in [6, 6.07) is 1.82. The van der Waals surface area contributed by atoms with E-state index >= 15 is 0 Å². The van der Waals surface area contributed by atoms with Crippen LogP contribution in [0.4, 0.5) is 17.7 Å². The predicted octanol–water partition coefficient (Wildman–Crippen LogP) is 1.15. The van der Waals surface area contributed by atoms with Gasteiger partial charge < -0.3 is 15.1 Å². The highest BCUT2D eigenvalue weighted by Crippen LogP contribution is 2.28. The molecule has 1 fully saturated rings. The van der Waals surface area contributed by atoms with Crippen LogP contribution in [0.25, 0.3) is 0 Å². The maximum absolute atomic E-state index is 12.2. The first kappa shape index (κ1) is 15.7. The Hall–Kier alpha value is -2.77. The third-order valence-electron chi connectivity index (χ3n) is 4.70. The number of fused-ring (bicyclic) bond motifs is 1. The van der Waals surface area contributed by atoms with Crippen LogP contribution in [0.5, 0.6) is 0 Å². The van der Waals surface area contributed by atoms with Crippen molar-refractivity contribution in [2.75, 3.05) is 48.3 Å². The van der Waals surface area contributed by atoms with E-state index in [-0.39, 0.29) is 5.78 Å². The van der Waals surface area contributed by atoms with Crippen molar-refractivity contribution < 1.29 is 4.79 Å². The SMILES string of the molecule is CNc1nc(N2CCN(c3ncccn3)CC2)nc2c1C(=O)CCC2. The number of hydrogen-bond donors (Lipinski definition) is 1. The highest BCUT2D eigenvalue weighted by molar-refractivity contribution is 6.02. The molecule has 3 heterocycles. The van der Waals surface area contributed by atoms with Crippen LogP contribution in [-0.2, 0) is 6.42 Å². The summed E-state index contributed by atoms with van der Waals surface area (Å²) in [5.41, 5.74) is 1.55. The molecule has 0 unspecified atom stereocenters. The van der Waals surface area contributed by atoms with E-state index in [9.17, 15) is 4.79 Å². The molecule has 1 saturated heterocycles. The zero-order valence-corrected chi connectivity index (χ0v) is 14.3. The number of hydrogen-bond acceptors (Lipinski definition) is 8. The van der Waals surface area contributed by atoms with Gasteiger partial charge in [0, 0.05) is 52.0 Å². The molecule has 4 rings (SSSR count). The van der Waals surface area contributed by atoms with Crippen LogP contribution < -0.4 is 15.1 Å². The lowest BCUT2D eigenvalue weighted by Crippen LogP contribution is -2.47. The monoisotopic (exact) mass is 339 g/mol. The van der Waals surface area contributed by atoms with Crippen LogP contribution >= 0.6 is 0 Å². The molecule has 0 bridgehead atoms. The number of ketones is 1. The molecule has 1 aliphatic carbocycles. The summed E-state index contributed by atoms with van der Waals surface area (Å²) < 4.78 is 0. The number of Topliss-reactive ketones (excluding diaryl/α,β-unsaturated/α-hetero) is 1. The Morgan fingerprint density at radius 3 is 2.32 bits per heavy atom. The first-order valence-electron chi connectivity index (χ1n) is 8.65. The molecule has 8 heteroatoms. The van der Waals surface area contributed by atoms with E-state index in [1.807, 2.05) is 6.07 Å². The molecule has 130 valence electrons. The van der Waals surface area contributed by atoms with Gasteiger partial charge in [0.25, 0.3) is 0 Å².